The van der Waals surface area contributed by atoms with Gasteiger partial charge in [-0.3, -0.25) is 0 Å². The molecule has 1 rings (SSSR count). The van der Waals surface area contributed by atoms with Gasteiger partial charge < -0.3 is 0 Å². The summed E-state index contributed by atoms with van der Waals surface area (Å²) >= 11 is 11.7. The van der Waals surface area contributed by atoms with Crippen LogP contribution in [0.1, 0.15) is 20.3 Å². The molecule has 0 spiro atoms. The maximum atomic E-state index is 12.1. The highest BCUT2D eigenvalue weighted by Gasteiger charge is 2.22. The van der Waals surface area contributed by atoms with Crippen molar-refractivity contribution >= 4 is 33.2 Å². The molecule has 102 valence electrons. The van der Waals surface area contributed by atoms with Crippen LogP contribution in [0.3, 0.4) is 0 Å². The van der Waals surface area contributed by atoms with Crippen molar-refractivity contribution in [3.8, 4) is 0 Å². The Morgan fingerprint density at radius 1 is 1.28 bits per heavy atom. The number of sulfonamides is 1. The summed E-state index contributed by atoms with van der Waals surface area (Å²) < 4.78 is 26.9. The van der Waals surface area contributed by atoms with Gasteiger partial charge in [0.25, 0.3) is 0 Å². The zero-order chi connectivity index (χ0) is 13.8. The summed E-state index contributed by atoms with van der Waals surface area (Å²) in [6, 6.07) is 6.07. The summed E-state index contributed by atoms with van der Waals surface area (Å²) in [6.45, 7) is 4.03. The van der Waals surface area contributed by atoms with Crippen LogP contribution in [-0.4, -0.2) is 20.3 Å². The number of halogens is 2. The van der Waals surface area contributed by atoms with Gasteiger partial charge in [0.15, 0.2) is 0 Å². The minimum Gasteiger partial charge on any atom is -0.207 e. The minimum atomic E-state index is -3.61. The fraction of sp³-hybridized carbons (Fsp3) is 0.500. The lowest BCUT2D eigenvalue weighted by Crippen LogP contribution is -2.37. The highest BCUT2D eigenvalue weighted by molar-refractivity contribution is 7.89. The molecule has 0 aromatic heterocycles. The molecule has 0 aliphatic carbocycles. The van der Waals surface area contributed by atoms with Crippen LogP contribution < -0.4 is 4.72 Å². The Labute approximate surface area is 119 Å². The molecular weight excluding hydrogens is 293 g/mol. The molecule has 1 aromatic carbocycles. The van der Waals surface area contributed by atoms with Crippen molar-refractivity contribution < 1.29 is 8.42 Å². The van der Waals surface area contributed by atoms with Gasteiger partial charge in [-0.2, -0.15) is 0 Å². The van der Waals surface area contributed by atoms with Crippen LogP contribution in [0, 0.1) is 5.92 Å². The van der Waals surface area contributed by atoms with Gasteiger partial charge in [-0.15, -0.1) is 11.6 Å². The first-order valence-corrected chi connectivity index (χ1v) is 8.09. The molecule has 0 amide bonds. The highest BCUT2D eigenvalue weighted by atomic mass is 35.5. The van der Waals surface area contributed by atoms with E-state index in [0.717, 1.165) is 0 Å². The Morgan fingerprint density at radius 3 is 2.39 bits per heavy atom. The molecule has 1 aromatic rings. The monoisotopic (exact) mass is 309 g/mol. The maximum Gasteiger partial charge on any atom is 0.242 e. The molecule has 0 saturated heterocycles. The summed E-state index contributed by atoms with van der Waals surface area (Å²) in [7, 11) is -3.61. The van der Waals surface area contributed by atoms with Crippen LogP contribution in [0.4, 0.5) is 0 Å². The molecule has 0 aliphatic heterocycles. The molecule has 0 heterocycles. The molecule has 6 heteroatoms. The summed E-state index contributed by atoms with van der Waals surface area (Å²) in [5, 5.41) is 0.211. The summed E-state index contributed by atoms with van der Waals surface area (Å²) in [6.07, 6.45) is 0.688. The molecule has 1 atom stereocenters. The number of benzene rings is 1. The molecule has 0 aliphatic rings. The second kappa shape index (κ2) is 6.75. The normalized spacial score (nSPS) is 13.8. The van der Waals surface area contributed by atoms with Gasteiger partial charge in [0.05, 0.1) is 5.02 Å². The van der Waals surface area contributed by atoms with E-state index in [1.54, 1.807) is 18.2 Å². The van der Waals surface area contributed by atoms with Gasteiger partial charge in [0.2, 0.25) is 10.0 Å². The van der Waals surface area contributed by atoms with Gasteiger partial charge in [0, 0.05) is 11.9 Å². The average molecular weight is 310 g/mol. The van der Waals surface area contributed by atoms with Gasteiger partial charge in [-0.1, -0.05) is 37.6 Å². The van der Waals surface area contributed by atoms with E-state index >= 15 is 0 Å². The molecule has 0 saturated carbocycles. The van der Waals surface area contributed by atoms with Crippen molar-refractivity contribution in [2.45, 2.75) is 31.2 Å². The maximum absolute atomic E-state index is 12.1. The molecule has 0 radical (unpaired) electrons. The topological polar surface area (TPSA) is 46.2 Å². The van der Waals surface area contributed by atoms with Gasteiger partial charge in [-0.25, -0.2) is 13.1 Å². The van der Waals surface area contributed by atoms with Crippen LogP contribution >= 0.6 is 23.2 Å². The zero-order valence-electron chi connectivity index (χ0n) is 10.4. The number of hydrogen-bond acceptors (Lipinski definition) is 2. The van der Waals surface area contributed by atoms with E-state index in [2.05, 4.69) is 4.72 Å². The summed E-state index contributed by atoms with van der Waals surface area (Å²) in [5.41, 5.74) is 0. The summed E-state index contributed by atoms with van der Waals surface area (Å²) in [4.78, 5) is 0.0885. The first-order chi connectivity index (χ1) is 8.36. The second-order valence-corrected chi connectivity index (χ2v) is 6.93. The Hall–Kier alpha value is -0.290. The van der Waals surface area contributed by atoms with Gasteiger partial charge in [0.1, 0.15) is 4.90 Å². The molecular formula is C12H17Cl2NO2S. The number of rotatable bonds is 6. The van der Waals surface area contributed by atoms with Crippen molar-refractivity contribution in [2.24, 2.45) is 5.92 Å². The lowest BCUT2D eigenvalue weighted by atomic mass is 10.1. The van der Waals surface area contributed by atoms with E-state index in [0.29, 0.717) is 12.3 Å². The van der Waals surface area contributed by atoms with E-state index in [9.17, 15) is 8.42 Å². The lowest BCUT2D eigenvalue weighted by Gasteiger charge is -2.18. The minimum absolute atomic E-state index is 0.0885. The van der Waals surface area contributed by atoms with E-state index in [-0.39, 0.29) is 21.8 Å². The Kier molecular flexibility index (Phi) is 5.92. The van der Waals surface area contributed by atoms with Crippen molar-refractivity contribution in [3.63, 3.8) is 0 Å². The van der Waals surface area contributed by atoms with Crippen LogP contribution in [0.25, 0.3) is 0 Å². The number of alkyl halides is 1. The Balaban J connectivity index is 2.91. The number of hydrogen-bond donors (Lipinski definition) is 1. The van der Waals surface area contributed by atoms with Crippen LogP contribution in [-0.2, 0) is 10.0 Å². The van der Waals surface area contributed by atoms with Crippen LogP contribution in [0.5, 0.6) is 0 Å². The van der Waals surface area contributed by atoms with Crippen LogP contribution in [0.15, 0.2) is 29.2 Å². The van der Waals surface area contributed by atoms with E-state index < -0.39 is 10.0 Å². The lowest BCUT2D eigenvalue weighted by molar-refractivity contribution is 0.485. The zero-order valence-corrected chi connectivity index (χ0v) is 12.7. The van der Waals surface area contributed by atoms with Crippen molar-refractivity contribution in [2.75, 3.05) is 5.88 Å². The van der Waals surface area contributed by atoms with Crippen molar-refractivity contribution in [3.05, 3.63) is 29.3 Å². The smallest absolute Gasteiger partial charge is 0.207 e. The summed E-state index contributed by atoms with van der Waals surface area (Å²) in [5.74, 6) is 0.602. The van der Waals surface area contributed by atoms with E-state index in [4.69, 9.17) is 23.2 Å². The fourth-order valence-corrected chi connectivity index (χ4v) is 3.72. The third-order valence-corrected chi connectivity index (χ3v) is 4.78. The SMILES string of the molecule is CC(C)CC(CCl)NS(=O)(=O)c1ccccc1Cl. The van der Waals surface area contributed by atoms with E-state index in [1.165, 1.54) is 6.07 Å². The molecule has 3 nitrogen and oxygen atoms in total. The Bertz CT molecular complexity index is 489. The number of nitrogens with one attached hydrogen (secondary N) is 1. The molecule has 1 unspecified atom stereocenters. The van der Waals surface area contributed by atoms with Crippen molar-refractivity contribution in [1.82, 2.24) is 4.72 Å². The predicted octanol–water partition coefficient (Wildman–Crippen LogP) is 3.27. The molecule has 0 fully saturated rings. The van der Waals surface area contributed by atoms with Crippen molar-refractivity contribution in [1.29, 1.82) is 0 Å². The van der Waals surface area contributed by atoms with E-state index in [1.807, 2.05) is 13.8 Å². The predicted molar refractivity (Wildman–Crippen MR) is 75.7 cm³/mol. The third-order valence-electron chi connectivity index (χ3n) is 2.39. The first-order valence-electron chi connectivity index (χ1n) is 5.69. The second-order valence-electron chi connectivity index (χ2n) is 4.53. The first kappa shape index (κ1) is 15.8. The largest absolute Gasteiger partial charge is 0.242 e. The average Bonchev–Trinajstić information content (AvgIpc) is 2.27. The van der Waals surface area contributed by atoms with Gasteiger partial charge in [-0.05, 0) is 24.5 Å². The fourth-order valence-electron chi connectivity index (χ4n) is 1.66. The molecule has 18 heavy (non-hydrogen) atoms. The molecule has 0 bridgehead atoms. The Morgan fingerprint density at radius 2 is 1.89 bits per heavy atom. The van der Waals surface area contributed by atoms with Crippen LogP contribution in [0.2, 0.25) is 5.02 Å². The van der Waals surface area contributed by atoms with Gasteiger partial charge >= 0.3 is 0 Å². The highest BCUT2D eigenvalue weighted by Crippen LogP contribution is 2.21. The quantitative estimate of drug-likeness (QED) is 0.820. The standard InChI is InChI=1S/C12H17Cl2NO2S/c1-9(2)7-10(8-13)15-18(16,17)12-6-4-3-5-11(12)14/h3-6,9-10,15H,7-8H2,1-2H3. The molecule has 1 N–H and O–H groups in total. The third kappa shape index (κ3) is 4.43.